The number of amides is 1. The van der Waals surface area contributed by atoms with E-state index >= 15 is 0 Å². The third-order valence-electron chi connectivity index (χ3n) is 3.33. The number of alkyl carbamates (subject to hydrolysis) is 1. The molecule has 1 rings (SSSR count). The van der Waals surface area contributed by atoms with Crippen LogP contribution in [-0.4, -0.2) is 51.0 Å². The molecule has 7 heteroatoms. The van der Waals surface area contributed by atoms with Crippen molar-refractivity contribution in [2.24, 2.45) is 4.99 Å². The third kappa shape index (κ3) is 9.27. The van der Waals surface area contributed by atoms with Gasteiger partial charge in [0.15, 0.2) is 5.96 Å². The van der Waals surface area contributed by atoms with Crippen LogP contribution in [0.15, 0.2) is 35.3 Å². The van der Waals surface area contributed by atoms with Crippen molar-refractivity contribution < 1.29 is 14.3 Å². The second-order valence-electron chi connectivity index (χ2n) is 6.69. The number of ether oxygens (including phenoxy) is 2. The Morgan fingerprint density at radius 1 is 1.19 bits per heavy atom. The lowest BCUT2D eigenvalue weighted by Gasteiger charge is -2.24. The van der Waals surface area contributed by atoms with Crippen LogP contribution >= 0.6 is 0 Å². The van der Waals surface area contributed by atoms with Crippen LogP contribution in [0.2, 0.25) is 0 Å². The Labute approximate surface area is 156 Å². The van der Waals surface area contributed by atoms with E-state index in [-0.39, 0.29) is 6.04 Å². The number of carbonyl (C=O) groups is 1. The minimum atomic E-state index is -0.546. The summed E-state index contributed by atoms with van der Waals surface area (Å²) in [6.07, 6.45) is -0.451. The van der Waals surface area contributed by atoms with E-state index in [1.165, 1.54) is 0 Å². The molecular weight excluding hydrogens is 332 g/mol. The molecule has 26 heavy (non-hydrogen) atoms. The molecular formula is C19H32N4O3. The molecule has 146 valence electrons. The lowest BCUT2D eigenvalue weighted by atomic mass is 10.1. The SMILES string of the molecule is CCOCCNC(=NC)NCC(NC(=O)OC(C)(C)C)c1ccccc1. The number of carbonyl (C=O) groups excluding carboxylic acids is 1. The van der Waals surface area contributed by atoms with Gasteiger partial charge in [0, 0.05) is 26.7 Å². The number of aliphatic imine (C=N–C) groups is 1. The molecule has 0 saturated heterocycles. The lowest BCUT2D eigenvalue weighted by molar-refractivity contribution is 0.0504. The number of rotatable bonds is 8. The Hall–Kier alpha value is -2.28. The maximum absolute atomic E-state index is 12.2. The van der Waals surface area contributed by atoms with E-state index in [0.717, 1.165) is 5.56 Å². The van der Waals surface area contributed by atoms with E-state index in [1.54, 1.807) is 7.05 Å². The summed E-state index contributed by atoms with van der Waals surface area (Å²) in [5.74, 6) is 0.650. The standard InChI is InChI=1S/C19H32N4O3/c1-6-25-13-12-21-17(20-5)22-14-16(15-10-8-7-9-11-15)23-18(24)26-19(2,3)4/h7-11,16H,6,12-14H2,1-5H3,(H,23,24)(H2,20,21,22). The molecule has 1 unspecified atom stereocenters. The first-order valence-electron chi connectivity index (χ1n) is 8.92. The van der Waals surface area contributed by atoms with Gasteiger partial charge in [-0.3, -0.25) is 4.99 Å². The number of nitrogens with one attached hydrogen (secondary N) is 3. The first-order chi connectivity index (χ1) is 12.4. The van der Waals surface area contributed by atoms with Gasteiger partial charge in [0.2, 0.25) is 0 Å². The summed E-state index contributed by atoms with van der Waals surface area (Å²) in [5, 5.41) is 9.31. The molecule has 0 aliphatic rings. The highest BCUT2D eigenvalue weighted by Crippen LogP contribution is 2.14. The zero-order chi connectivity index (χ0) is 19.4. The fourth-order valence-electron chi connectivity index (χ4n) is 2.19. The van der Waals surface area contributed by atoms with Crippen molar-refractivity contribution in [3.63, 3.8) is 0 Å². The number of hydrogen-bond donors (Lipinski definition) is 3. The predicted molar refractivity (Wildman–Crippen MR) is 104 cm³/mol. The van der Waals surface area contributed by atoms with Gasteiger partial charge < -0.3 is 25.4 Å². The highest BCUT2D eigenvalue weighted by molar-refractivity contribution is 5.79. The molecule has 7 nitrogen and oxygen atoms in total. The number of nitrogens with zero attached hydrogens (tertiary/aromatic N) is 1. The molecule has 1 aromatic rings. The first-order valence-corrected chi connectivity index (χ1v) is 8.92. The van der Waals surface area contributed by atoms with Crippen molar-refractivity contribution in [3.8, 4) is 0 Å². The summed E-state index contributed by atoms with van der Waals surface area (Å²) in [7, 11) is 1.70. The average Bonchev–Trinajstić information content (AvgIpc) is 2.59. The van der Waals surface area contributed by atoms with E-state index in [1.807, 2.05) is 58.0 Å². The van der Waals surface area contributed by atoms with Gasteiger partial charge in [0.1, 0.15) is 5.60 Å². The molecule has 0 heterocycles. The summed E-state index contributed by atoms with van der Waals surface area (Å²) in [5.41, 5.74) is 0.436. The Morgan fingerprint density at radius 3 is 2.46 bits per heavy atom. The second-order valence-corrected chi connectivity index (χ2v) is 6.69. The van der Waals surface area contributed by atoms with Crippen molar-refractivity contribution >= 4 is 12.1 Å². The number of benzene rings is 1. The number of hydrogen-bond acceptors (Lipinski definition) is 4. The Morgan fingerprint density at radius 2 is 1.88 bits per heavy atom. The third-order valence-corrected chi connectivity index (χ3v) is 3.33. The fourth-order valence-corrected chi connectivity index (χ4v) is 2.19. The van der Waals surface area contributed by atoms with Crippen LogP contribution in [0.4, 0.5) is 4.79 Å². The van der Waals surface area contributed by atoms with Gasteiger partial charge in [0.25, 0.3) is 0 Å². The van der Waals surface area contributed by atoms with E-state index < -0.39 is 11.7 Å². The van der Waals surface area contributed by atoms with Crippen molar-refractivity contribution in [1.29, 1.82) is 0 Å². The quantitative estimate of drug-likeness (QED) is 0.375. The molecule has 0 fully saturated rings. The molecule has 1 atom stereocenters. The Balaban J connectivity index is 2.66. The van der Waals surface area contributed by atoms with Crippen LogP contribution in [0.3, 0.4) is 0 Å². The molecule has 3 N–H and O–H groups in total. The fraction of sp³-hybridized carbons (Fsp3) is 0.579. The smallest absolute Gasteiger partial charge is 0.408 e. The molecule has 1 amide bonds. The van der Waals surface area contributed by atoms with Gasteiger partial charge in [-0.05, 0) is 33.3 Å². The predicted octanol–water partition coefficient (Wildman–Crippen LogP) is 2.45. The van der Waals surface area contributed by atoms with Crippen LogP contribution in [0, 0.1) is 0 Å². The topological polar surface area (TPSA) is 84.0 Å². The maximum atomic E-state index is 12.2. The molecule has 0 radical (unpaired) electrons. The molecule has 0 aliphatic heterocycles. The van der Waals surface area contributed by atoms with Crippen molar-refractivity contribution in [3.05, 3.63) is 35.9 Å². The summed E-state index contributed by atoms with van der Waals surface area (Å²) < 4.78 is 10.7. The van der Waals surface area contributed by atoms with Gasteiger partial charge in [-0.15, -0.1) is 0 Å². The van der Waals surface area contributed by atoms with Gasteiger partial charge in [0.05, 0.1) is 12.6 Å². The van der Waals surface area contributed by atoms with Crippen molar-refractivity contribution in [2.45, 2.75) is 39.3 Å². The van der Waals surface area contributed by atoms with Crippen LogP contribution in [-0.2, 0) is 9.47 Å². The molecule has 1 aromatic carbocycles. The molecule has 0 bridgehead atoms. The summed E-state index contributed by atoms with van der Waals surface area (Å²) in [6.45, 7) is 9.89. The lowest BCUT2D eigenvalue weighted by Crippen LogP contribution is -2.44. The largest absolute Gasteiger partial charge is 0.444 e. The van der Waals surface area contributed by atoms with E-state index in [0.29, 0.717) is 32.3 Å². The van der Waals surface area contributed by atoms with Gasteiger partial charge in [-0.1, -0.05) is 30.3 Å². The van der Waals surface area contributed by atoms with Crippen molar-refractivity contribution in [2.75, 3.05) is 33.4 Å². The van der Waals surface area contributed by atoms with Crippen LogP contribution in [0.5, 0.6) is 0 Å². The minimum Gasteiger partial charge on any atom is -0.444 e. The zero-order valence-corrected chi connectivity index (χ0v) is 16.5. The Kier molecular flexibility index (Phi) is 9.51. The molecule has 0 aromatic heterocycles. The highest BCUT2D eigenvalue weighted by atomic mass is 16.6. The van der Waals surface area contributed by atoms with E-state index in [9.17, 15) is 4.79 Å². The second kappa shape index (κ2) is 11.4. The van der Waals surface area contributed by atoms with E-state index in [4.69, 9.17) is 9.47 Å². The maximum Gasteiger partial charge on any atom is 0.408 e. The van der Waals surface area contributed by atoms with Crippen LogP contribution in [0.25, 0.3) is 0 Å². The number of guanidine groups is 1. The average molecular weight is 364 g/mol. The monoisotopic (exact) mass is 364 g/mol. The molecule has 0 saturated carbocycles. The van der Waals surface area contributed by atoms with E-state index in [2.05, 4.69) is 20.9 Å². The van der Waals surface area contributed by atoms with Gasteiger partial charge in [-0.25, -0.2) is 4.79 Å². The zero-order valence-electron chi connectivity index (χ0n) is 16.5. The van der Waals surface area contributed by atoms with Crippen molar-refractivity contribution in [1.82, 2.24) is 16.0 Å². The first kappa shape index (κ1) is 21.8. The summed E-state index contributed by atoms with van der Waals surface area (Å²) >= 11 is 0. The summed E-state index contributed by atoms with van der Waals surface area (Å²) in [6, 6.07) is 9.50. The molecule has 0 spiro atoms. The molecule has 0 aliphatic carbocycles. The summed E-state index contributed by atoms with van der Waals surface area (Å²) in [4.78, 5) is 16.4. The van der Waals surface area contributed by atoms with Gasteiger partial charge in [-0.2, -0.15) is 0 Å². The highest BCUT2D eigenvalue weighted by Gasteiger charge is 2.20. The normalized spacial score (nSPS) is 13.0. The van der Waals surface area contributed by atoms with Crippen LogP contribution in [0.1, 0.15) is 39.3 Å². The Bertz CT molecular complexity index is 556. The van der Waals surface area contributed by atoms with Crippen LogP contribution < -0.4 is 16.0 Å². The van der Waals surface area contributed by atoms with Gasteiger partial charge >= 0.3 is 6.09 Å². The minimum absolute atomic E-state index is 0.253.